The fraction of sp³-hybridized carbons (Fsp3) is 0.500. The van der Waals surface area contributed by atoms with E-state index in [0.29, 0.717) is 29.1 Å². The maximum absolute atomic E-state index is 12.7. The van der Waals surface area contributed by atoms with Crippen LogP contribution in [0.5, 0.6) is 5.75 Å². The first-order chi connectivity index (χ1) is 10.6. The molecule has 2 heterocycles. The van der Waals surface area contributed by atoms with E-state index in [2.05, 4.69) is 5.32 Å². The molecule has 3 rings (SSSR count). The summed E-state index contributed by atoms with van der Waals surface area (Å²) >= 11 is 0. The molecule has 1 aliphatic heterocycles. The van der Waals surface area contributed by atoms with Crippen molar-refractivity contribution in [1.82, 2.24) is 14.5 Å². The Bertz CT molecular complexity index is 801. The van der Waals surface area contributed by atoms with Crippen molar-refractivity contribution in [3.8, 4) is 5.75 Å². The van der Waals surface area contributed by atoms with Crippen LogP contribution in [-0.4, -0.2) is 29.3 Å². The SMILES string of the molecule is COc1cccc2c(=O)n(CC3CCCNC3)c(=O)n(C)c12. The molecular formula is C16H21N3O3. The highest BCUT2D eigenvalue weighted by atomic mass is 16.5. The molecule has 1 N–H and O–H groups in total. The molecule has 1 atom stereocenters. The van der Waals surface area contributed by atoms with Gasteiger partial charge in [0.25, 0.3) is 5.56 Å². The molecule has 0 saturated carbocycles. The van der Waals surface area contributed by atoms with E-state index >= 15 is 0 Å². The first kappa shape index (κ1) is 14.8. The Labute approximate surface area is 128 Å². The van der Waals surface area contributed by atoms with Crippen LogP contribution in [0.25, 0.3) is 10.9 Å². The van der Waals surface area contributed by atoms with E-state index in [0.717, 1.165) is 25.9 Å². The maximum Gasteiger partial charge on any atom is 0.331 e. The fourth-order valence-electron chi connectivity index (χ4n) is 3.21. The number of para-hydroxylation sites is 1. The lowest BCUT2D eigenvalue weighted by Crippen LogP contribution is -2.43. The van der Waals surface area contributed by atoms with Crippen LogP contribution in [0.4, 0.5) is 0 Å². The molecule has 1 aromatic carbocycles. The summed E-state index contributed by atoms with van der Waals surface area (Å²) < 4.78 is 8.16. The number of aromatic nitrogens is 2. The van der Waals surface area contributed by atoms with Crippen molar-refractivity contribution in [3.63, 3.8) is 0 Å². The van der Waals surface area contributed by atoms with Crippen molar-refractivity contribution >= 4 is 10.9 Å². The zero-order valence-corrected chi connectivity index (χ0v) is 13.0. The summed E-state index contributed by atoms with van der Waals surface area (Å²) in [6, 6.07) is 5.28. The summed E-state index contributed by atoms with van der Waals surface area (Å²) in [6.45, 7) is 2.33. The minimum atomic E-state index is -0.285. The van der Waals surface area contributed by atoms with Crippen molar-refractivity contribution in [2.24, 2.45) is 13.0 Å². The standard InChI is InChI=1S/C16H21N3O3/c1-18-14-12(6-3-7-13(14)22-2)15(20)19(16(18)21)10-11-5-4-8-17-9-11/h3,6-7,11,17H,4-5,8-10H2,1-2H3. The number of ether oxygens (including phenoxy) is 1. The number of methoxy groups -OCH3 is 1. The minimum absolute atomic E-state index is 0.234. The van der Waals surface area contributed by atoms with Gasteiger partial charge in [0.05, 0.1) is 12.5 Å². The van der Waals surface area contributed by atoms with E-state index in [1.54, 1.807) is 32.4 Å². The average molecular weight is 303 g/mol. The Morgan fingerprint density at radius 2 is 2.18 bits per heavy atom. The molecule has 6 nitrogen and oxygen atoms in total. The van der Waals surface area contributed by atoms with Gasteiger partial charge in [-0.1, -0.05) is 6.07 Å². The third-order valence-electron chi connectivity index (χ3n) is 4.39. The van der Waals surface area contributed by atoms with Crippen LogP contribution in [0.1, 0.15) is 12.8 Å². The number of nitrogens with zero attached hydrogens (tertiary/aromatic N) is 2. The van der Waals surface area contributed by atoms with Gasteiger partial charge < -0.3 is 10.1 Å². The van der Waals surface area contributed by atoms with Crippen molar-refractivity contribution < 1.29 is 4.74 Å². The predicted octanol–water partition coefficient (Wildman–Crippen LogP) is 0.708. The van der Waals surface area contributed by atoms with Gasteiger partial charge in [-0.15, -0.1) is 0 Å². The van der Waals surface area contributed by atoms with Crippen molar-refractivity contribution in [2.45, 2.75) is 19.4 Å². The number of aryl methyl sites for hydroxylation is 1. The third kappa shape index (κ3) is 2.43. The molecule has 0 spiro atoms. The van der Waals surface area contributed by atoms with Crippen molar-refractivity contribution in [2.75, 3.05) is 20.2 Å². The molecule has 1 aromatic heterocycles. The van der Waals surface area contributed by atoms with E-state index in [1.807, 2.05) is 0 Å². The van der Waals surface area contributed by atoms with Gasteiger partial charge in [-0.3, -0.25) is 13.9 Å². The monoisotopic (exact) mass is 303 g/mol. The van der Waals surface area contributed by atoms with Crippen LogP contribution in [0.3, 0.4) is 0 Å². The quantitative estimate of drug-likeness (QED) is 0.907. The largest absolute Gasteiger partial charge is 0.495 e. The number of piperidine rings is 1. The molecular weight excluding hydrogens is 282 g/mol. The second-order valence-electron chi connectivity index (χ2n) is 5.83. The number of fused-ring (bicyclic) bond motifs is 1. The molecule has 2 aromatic rings. The van der Waals surface area contributed by atoms with E-state index in [4.69, 9.17) is 4.74 Å². The van der Waals surface area contributed by atoms with Crippen LogP contribution in [0, 0.1) is 5.92 Å². The van der Waals surface area contributed by atoms with E-state index in [9.17, 15) is 9.59 Å². The highest BCUT2D eigenvalue weighted by Crippen LogP contribution is 2.21. The number of rotatable bonds is 3. The van der Waals surface area contributed by atoms with Crippen LogP contribution in [0.2, 0.25) is 0 Å². The van der Waals surface area contributed by atoms with Crippen LogP contribution >= 0.6 is 0 Å². The summed E-state index contributed by atoms with van der Waals surface area (Å²) in [5.41, 5.74) is 0.0353. The van der Waals surface area contributed by atoms with Crippen molar-refractivity contribution in [3.05, 3.63) is 39.0 Å². The molecule has 0 aliphatic carbocycles. The lowest BCUT2D eigenvalue weighted by atomic mass is 9.99. The highest BCUT2D eigenvalue weighted by molar-refractivity contribution is 5.84. The van der Waals surface area contributed by atoms with Crippen LogP contribution in [-0.2, 0) is 13.6 Å². The summed E-state index contributed by atoms with van der Waals surface area (Å²) in [5, 5.41) is 3.84. The smallest absolute Gasteiger partial charge is 0.331 e. The first-order valence-corrected chi connectivity index (χ1v) is 7.60. The Balaban J connectivity index is 2.16. The number of hydrogen-bond donors (Lipinski definition) is 1. The highest BCUT2D eigenvalue weighted by Gasteiger charge is 2.19. The Hall–Kier alpha value is -2.08. The molecule has 0 amide bonds. The van der Waals surface area contributed by atoms with Crippen molar-refractivity contribution in [1.29, 1.82) is 0 Å². The second kappa shape index (κ2) is 5.96. The summed E-state index contributed by atoms with van der Waals surface area (Å²) in [7, 11) is 3.22. The van der Waals surface area contributed by atoms with Crippen LogP contribution in [0.15, 0.2) is 27.8 Å². The molecule has 6 heteroatoms. The average Bonchev–Trinajstić information content (AvgIpc) is 2.57. The van der Waals surface area contributed by atoms with Gasteiger partial charge >= 0.3 is 5.69 Å². The maximum atomic E-state index is 12.7. The van der Waals surface area contributed by atoms with Gasteiger partial charge in [0.15, 0.2) is 0 Å². The topological polar surface area (TPSA) is 65.3 Å². The van der Waals surface area contributed by atoms with Gasteiger partial charge in [-0.2, -0.15) is 0 Å². The summed E-state index contributed by atoms with van der Waals surface area (Å²) in [4.78, 5) is 25.3. The molecule has 1 fully saturated rings. The fourth-order valence-corrected chi connectivity index (χ4v) is 3.21. The first-order valence-electron chi connectivity index (χ1n) is 7.60. The van der Waals surface area contributed by atoms with Gasteiger partial charge in [0.2, 0.25) is 0 Å². The number of nitrogens with one attached hydrogen (secondary N) is 1. The minimum Gasteiger partial charge on any atom is -0.495 e. The van der Waals surface area contributed by atoms with E-state index < -0.39 is 0 Å². The van der Waals surface area contributed by atoms with Gasteiger partial charge in [0, 0.05) is 13.6 Å². The van der Waals surface area contributed by atoms with E-state index in [1.165, 1.54) is 9.13 Å². The predicted molar refractivity (Wildman–Crippen MR) is 85.6 cm³/mol. The molecule has 1 saturated heterocycles. The molecule has 0 bridgehead atoms. The lowest BCUT2D eigenvalue weighted by Gasteiger charge is -2.23. The summed E-state index contributed by atoms with van der Waals surface area (Å²) in [5.74, 6) is 0.864. The molecule has 118 valence electrons. The summed E-state index contributed by atoms with van der Waals surface area (Å²) in [6.07, 6.45) is 2.12. The van der Waals surface area contributed by atoms with E-state index in [-0.39, 0.29) is 11.2 Å². The Morgan fingerprint density at radius 3 is 2.86 bits per heavy atom. The molecule has 22 heavy (non-hydrogen) atoms. The zero-order chi connectivity index (χ0) is 15.7. The number of benzene rings is 1. The zero-order valence-electron chi connectivity index (χ0n) is 13.0. The molecule has 1 unspecified atom stereocenters. The molecule has 1 aliphatic rings. The normalized spacial score (nSPS) is 18.5. The Morgan fingerprint density at radius 1 is 1.36 bits per heavy atom. The van der Waals surface area contributed by atoms with Gasteiger partial charge in [-0.25, -0.2) is 4.79 Å². The van der Waals surface area contributed by atoms with Gasteiger partial charge in [-0.05, 0) is 44.0 Å². The van der Waals surface area contributed by atoms with Gasteiger partial charge in [0.1, 0.15) is 11.3 Å². The lowest BCUT2D eigenvalue weighted by molar-refractivity contribution is 0.327. The van der Waals surface area contributed by atoms with Crippen LogP contribution < -0.4 is 21.3 Å². The number of hydrogen-bond acceptors (Lipinski definition) is 4. The second-order valence-corrected chi connectivity index (χ2v) is 5.83. The third-order valence-corrected chi connectivity index (χ3v) is 4.39. The molecule has 0 radical (unpaired) electrons. The Kier molecular flexibility index (Phi) is 4.02.